The van der Waals surface area contributed by atoms with Crippen molar-refractivity contribution in [1.29, 1.82) is 0 Å². The Labute approximate surface area is 155 Å². The number of phosphoric ester groups is 1. The Balaban J connectivity index is 1.64. The first-order valence-corrected chi connectivity index (χ1v) is 10.1. The van der Waals surface area contributed by atoms with Crippen molar-refractivity contribution in [2.75, 3.05) is 13.2 Å². The second-order valence-corrected chi connectivity index (χ2v) is 7.69. The Hall–Kier alpha value is -2.05. The van der Waals surface area contributed by atoms with Gasteiger partial charge < -0.3 is 19.6 Å². The summed E-state index contributed by atoms with van der Waals surface area (Å²) in [6, 6.07) is 18.6. The molecule has 27 heavy (non-hydrogen) atoms. The van der Waals surface area contributed by atoms with Crippen LogP contribution in [0.15, 0.2) is 54.6 Å². The first-order chi connectivity index (χ1) is 13.0. The fraction of sp³-hybridized carbons (Fsp3) is 0.200. The van der Waals surface area contributed by atoms with E-state index in [-0.39, 0.29) is 13.2 Å². The predicted octanol–water partition coefficient (Wildman–Crippen LogP) is 3.57. The van der Waals surface area contributed by atoms with Crippen LogP contribution in [0.3, 0.4) is 0 Å². The molecule has 7 heteroatoms. The molecule has 0 heterocycles. The van der Waals surface area contributed by atoms with E-state index in [2.05, 4.69) is 40.9 Å². The molecule has 4 aromatic carbocycles. The second kappa shape index (κ2) is 7.17. The standard InChI is InChI=1S/C20H19O6P/c21-10-17(26-27(22,23)24)12-25-11-16-7-6-15-5-4-13-2-1-3-14-8-9-18(16)20(15)19(13)14/h1-9,17,21H,10-12H2,(H2,22,23,24)/t17-/m1/s1. The van der Waals surface area contributed by atoms with Gasteiger partial charge in [0.15, 0.2) is 0 Å². The smallest absolute Gasteiger partial charge is 0.394 e. The van der Waals surface area contributed by atoms with Gasteiger partial charge in [-0.1, -0.05) is 54.6 Å². The minimum Gasteiger partial charge on any atom is -0.394 e. The van der Waals surface area contributed by atoms with Gasteiger partial charge in [0, 0.05) is 0 Å². The molecular weight excluding hydrogens is 367 g/mol. The molecule has 0 amide bonds. The molecule has 1 atom stereocenters. The quantitative estimate of drug-likeness (QED) is 0.332. The third kappa shape index (κ3) is 3.69. The molecule has 140 valence electrons. The molecule has 0 saturated carbocycles. The van der Waals surface area contributed by atoms with Gasteiger partial charge >= 0.3 is 7.82 Å². The van der Waals surface area contributed by atoms with Crippen LogP contribution in [0.5, 0.6) is 0 Å². The van der Waals surface area contributed by atoms with E-state index in [1.807, 2.05) is 18.2 Å². The van der Waals surface area contributed by atoms with Gasteiger partial charge in [-0.25, -0.2) is 4.57 Å². The van der Waals surface area contributed by atoms with Crippen molar-refractivity contribution in [2.24, 2.45) is 0 Å². The van der Waals surface area contributed by atoms with Gasteiger partial charge in [0.2, 0.25) is 0 Å². The van der Waals surface area contributed by atoms with Crippen molar-refractivity contribution in [3.05, 3.63) is 60.2 Å². The van der Waals surface area contributed by atoms with E-state index in [9.17, 15) is 9.67 Å². The van der Waals surface area contributed by atoms with E-state index in [4.69, 9.17) is 14.5 Å². The highest BCUT2D eigenvalue weighted by Crippen LogP contribution is 2.38. The summed E-state index contributed by atoms with van der Waals surface area (Å²) in [4.78, 5) is 17.7. The molecule has 0 spiro atoms. The van der Waals surface area contributed by atoms with Crippen LogP contribution in [0.25, 0.3) is 32.3 Å². The summed E-state index contributed by atoms with van der Waals surface area (Å²) in [6.07, 6.45) is -1.08. The first-order valence-electron chi connectivity index (χ1n) is 8.54. The number of hydrogen-bond acceptors (Lipinski definition) is 4. The Kier molecular flexibility index (Phi) is 4.86. The van der Waals surface area contributed by atoms with Gasteiger partial charge in [-0.3, -0.25) is 4.52 Å². The predicted molar refractivity (Wildman–Crippen MR) is 104 cm³/mol. The highest BCUT2D eigenvalue weighted by molar-refractivity contribution is 7.46. The minimum absolute atomic E-state index is 0.121. The summed E-state index contributed by atoms with van der Waals surface area (Å²) in [5.41, 5.74) is 0.966. The van der Waals surface area contributed by atoms with Crippen LogP contribution in [0, 0.1) is 0 Å². The van der Waals surface area contributed by atoms with E-state index in [1.165, 1.54) is 21.5 Å². The highest BCUT2D eigenvalue weighted by atomic mass is 31.2. The Morgan fingerprint density at radius 1 is 0.889 bits per heavy atom. The van der Waals surface area contributed by atoms with Gasteiger partial charge in [-0.15, -0.1) is 0 Å². The van der Waals surface area contributed by atoms with Crippen LogP contribution in [-0.2, 0) is 20.4 Å². The van der Waals surface area contributed by atoms with Crippen molar-refractivity contribution in [3.8, 4) is 0 Å². The SMILES string of the molecule is O=P(O)(O)O[C@H](CO)COCc1ccc2ccc3cccc4ccc1c2c34. The summed E-state index contributed by atoms with van der Waals surface area (Å²) in [5.74, 6) is 0. The fourth-order valence-electron chi connectivity index (χ4n) is 3.53. The molecule has 0 bridgehead atoms. The van der Waals surface area contributed by atoms with Crippen LogP contribution in [-0.4, -0.2) is 34.2 Å². The molecule has 0 radical (unpaired) electrons. The maximum atomic E-state index is 10.9. The van der Waals surface area contributed by atoms with Crippen molar-refractivity contribution in [3.63, 3.8) is 0 Å². The van der Waals surface area contributed by atoms with Crippen molar-refractivity contribution >= 4 is 40.1 Å². The maximum absolute atomic E-state index is 10.9. The molecule has 0 aromatic heterocycles. The lowest BCUT2D eigenvalue weighted by Crippen LogP contribution is -2.22. The van der Waals surface area contributed by atoms with E-state index in [0.717, 1.165) is 16.3 Å². The maximum Gasteiger partial charge on any atom is 0.470 e. The average molecular weight is 386 g/mol. The highest BCUT2D eigenvalue weighted by Gasteiger charge is 2.22. The Morgan fingerprint density at radius 2 is 1.52 bits per heavy atom. The average Bonchev–Trinajstić information content (AvgIpc) is 2.65. The molecule has 4 aromatic rings. The van der Waals surface area contributed by atoms with Gasteiger partial charge in [-0.05, 0) is 37.9 Å². The Bertz CT molecular complexity index is 1120. The molecule has 3 N–H and O–H groups in total. The summed E-state index contributed by atoms with van der Waals surface area (Å²) < 4.78 is 21.0. The van der Waals surface area contributed by atoms with Crippen LogP contribution >= 0.6 is 7.82 Å². The number of hydrogen-bond donors (Lipinski definition) is 3. The van der Waals surface area contributed by atoms with E-state index >= 15 is 0 Å². The zero-order valence-corrected chi connectivity index (χ0v) is 15.3. The fourth-order valence-corrected chi connectivity index (χ4v) is 4.05. The second-order valence-electron chi connectivity index (χ2n) is 6.50. The summed E-state index contributed by atoms with van der Waals surface area (Å²) >= 11 is 0. The lowest BCUT2D eigenvalue weighted by molar-refractivity contribution is -0.000393. The topological polar surface area (TPSA) is 96.2 Å². The van der Waals surface area contributed by atoms with E-state index in [1.54, 1.807) is 0 Å². The molecule has 0 fully saturated rings. The van der Waals surface area contributed by atoms with Gasteiger partial charge in [0.1, 0.15) is 6.10 Å². The number of aliphatic hydroxyl groups is 1. The molecular formula is C20H19O6P. The van der Waals surface area contributed by atoms with E-state index in [0.29, 0.717) is 0 Å². The van der Waals surface area contributed by atoms with Crippen LogP contribution in [0.4, 0.5) is 0 Å². The number of phosphoric acid groups is 1. The normalized spacial score (nSPS) is 13.7. The Morgan fingerprint density at radius 3 is 2.19 bits per heavy atom. The van der Waals surface area contributed by atoms with Crippen molar-refractivity contribution < 1.29 is 28.7 Å². The third-order valence-corrected chi connectivity index (χ3v) is 5.24. The molecule has 6 nitrogen and oxygen atoms in total. The molecule has 0 aliphatic rings. The summed E-state index contributed by atoms with van der Waals surface area (Å²) in [5, 5.41) is 16.2. The zero-order chi connectivity index (χ0) is 19.0. The van der Waals surface area contributed by atoms with Crippen molar-refractivity contribution in [2.45, 2.75) is 12.7 Å². The number of benzene rings is 4. The summed E-state index contributed by atoms with van der Waals surface area (Å²) in [7, 11) is -4.67. The zero-order valence-electron chi connectivity index (χ0n) is 14.4. The van der Waals surface area contributed by atoms with Crippen molar-refractivity contribution in [1.82, 2.24) is 0 Å². The summed E-state index contributed by atoms with van der Waals surface area (Å²) in [6.45, 7) is -0.414. The molecule has 0 saturated heterocycles. The first kappa shape index (κ1) is 18.3. The van der Waals surface area contributed by atoms with E-state index < -0.39 is 20.5 Å². The lowest BCUT2D eigenvalue weighted by Gasteiger charge is -2.17. The number of aliphatic hydroxyl groups excluding tert-OH is 1. The third-order valence-electron chi connectivity index (χ3n) is 4.67. The van der Waals surface area contributed by atoms with Crippen LogP contribution in [0.2, 0.25) is 0 Å². The minimum atomic E-state index is -4.67. The monoisotopic (exact) mass is 386 g/mol. The molecule has 4 rings (SSSR count). The molecule has 0 aliphatic carbocycles. The largest absolute Gasteiger partial charge is 0.470 e. The molecule has 0 unspecified atom stereocenters. The number of ether oxygens (including phenoxy) is 1. The van der Waals surface area contributed by atoms with Crippen LogP contribution in [0.1, 0.15) is 5.56 Å². The van der Waals surface area contributed by atoms with Gasteiger partial charge in [-0.2, -0.15) is 0 Å². The van der Waals surface area contributed by atoms with Gasteiger partial charge in [0.05, 0.1) is 19.8 Å². The van der Waals surface area contributed by atoms with Gasteiger partial charge in [0.25, 0.3) is 0 Å². The lowest BCUT2D eigenvalue weighted by atomic mass is 9.92. The molecule has 0 aliphatic heterocycles. The van der Waals surface area contributed by atoms with Crippen LogP contribution < -0.4 is 0 Å². The number of rotatable bonds is 7.